The Hall–Kier alpha value is -4.35. The van der Waals surface area contributed by atoms with Crippen LogP contribution in [0, 0.1) is 0 Å². The third-order valence-corrected chi connectivity index (χ3v) is 15.5. The topological polar surface area (TPSA) is 360 Å². The van der Waals surface area contributed by atoms with E-state index in [1.807, 2.05) is 0 Å². The van der Waals surface area contributed by atoms with E-state index in [9.17, 15) is 33.4 Å². The first-order valence-electron chi connectivity index (χ1n) is 18.2. The van der Waals surface area contributed by atoms with Crippen LogP contribution in [0.25, 0.3) is 22.3 Å². The van der Waals surface area contributed by atoms with Gasteiger partial charge in [-0.25, -0.2) is 33.1 Å². The van der Waals surface area contributed by atoms with Gasteiger partial charge in [0.2, 0.25) is 11.9 Å². The number of carbonyl (C=O) groups excluding carboxylic acids is 2. The van der Waals surface area contributed by atoms with E-state index in [1.165, 1.54) is 0 Å². The molecule has 3 aliphatic rings. The Morgan fingerprint density at radius 3 is 1.77 bits per heavy atom. The van der Waals surface area contributed by atoms with Gasteiger partial charge in [-0.1, -0.05) is 0 Å². The standard InChI is InChI=1S/C30H39FN10O17P2S2/c1-11(2)53-29(45)49-9-61-59(47)51-5-13-18(42)20(26(55-13)41-8-35-17-22(41)37-28(33)39-24(17)44)58-60(48,62-10-50-30(46)54-12(3)4)52-6-14-19(57-59)15(31)25(56-14)40-7-34-16-21(40)36-27(32)38-23(16)43/h7-8,11-15,18-20,25-26,42H,5-6,9-10H2,1-4H3,(H3,32,36,38,43)(H3,33,37,39,44)/t13-,14-,15?,18?,19?,20?,25-,26-,59?,60?/m1/s1. The number of aromatic amines is 2. The maximum atomic E-state index is 16.9. The normalized spacial score (nSPS) is 30.5. The zero-order chi connectivity index (χ0) is 44.7. The lowest BCUT2D eigenvalue weighted by Crippen LogP contribution is -2.35. The summed E-state index contributed by atoms with van der Waals surface area (Å²) in [5, 5.41) is 11.7. The molecule has 3 saturated heterocycles. The Morgan fingerprint density at radius 2 is 1.27 bits per heavy atom. The summed E-state index contributed by atoms with van der Waals surface area (Å²) in [6.07, 6.45) is -15.7. The number of fused-ring (bicyclic) bond motifs is 5. The van der Waals surface area contributed by atoms with Crippen molar-refractivity contribution < 1.29 is 74.7 Å². The number of aliphatic hydroxyl groups excluding tert-OH is 1. The molecule has 0 spiro atoms. The molecular weight excluding hydrogens is 917 g/mol. The highest BCUT2D eigenvalue weighted by molar-refractivity contribution is 8.55. The van der Waals surface area contributed by atoms with Crippen LogP contribution in [0.3, 0.4) is 0 Å². The largest absolute Gasteiger partial charge is 0.509 e. The number of aromatic nitrogens is 8. The molecule has 0 saturated carbocycles. The van der Waals surface area contributed by atoms with E-state index < -0.39 is 123 Å². The fourth-order valence-electron chi connectivity index (χ4n) is 6.18. The van der Waals surface area contributed by atoms with E-state index in [0.29, 0.717) is 11.4 Å². The Kier molecular flexibility index (Phi) is 13.6. The van der Waals surface area contributed by atoms with Gasteiger partial charge in [0.05, 0.1) is 38.1 Å². The van der Waals surface area contributed by atoms with Crippen LogP contribution in [0.5, 0.6) is 0 Å². The molecular formula is C30H39FN10O17P2S2. The lowest BCUT2D eigenvalue weighted by molar-refractivity contribution is -0.0569. The highest BCUT2D eigenvalue weighted by atomic mass is 32.7. The number of aliphatic hydroxyl groups is 1. The summed E-state index contributed by atoms with van der Waals surface area (Å²) in [6.45, 7) is -5.06. The first-order valence-corrected chi connectivity index (χ1v) is 24.5. The number of nitrogens with one attached hydrogen (secondary N) is 2. The second-order valence-electron chi connectivity index (χ2n) is 13.9. The number of nitrogen functional groups attached to an aromatic ring is 2. The number of anilines is 2. The van der Waals surface area contributed by atoms with E-state index in [-0.39, 0.29) is 45.6 Å². The van der Waals surface area contributed by atoms with Crippen molar-refractivity contribution in [3.05, 3.63) is 33.4 Å². The summed E-state index contributed by atoms with van der Waals surface area (Å²) >= 11 is 0.585. The first kappa shape index (κ1) is 45.7. The molecule has 7 heterocycles. The zero-order valence-electron chi connectivity index (χ0n) is 32.7. The van der Waals surface area contributed by atoms with E-state index in [4.69, 9.17) is 58.0 Å². The van der Waals surface area contributed by atoms with Crippen molar-refractivity contribution in [2.24, 2.45) is 0 Å². The van der Waals surface area contributed by atoms with E-state index >= 15 is 4.39 Å². The van der Waals surface area contributed by atoms with Crippen LogP contribution in [0.1, 0.15) is 40.2 Å². The molecule has 340 valence electrons. The highest BCUT2D eigenvalue weighted by Crippen LogP contribution is 2.66. The van der Waals surface area contributed by atoms with Crippen molar-refractivity contribution in [2.45, 2.75) is 89.1 Å². The van der Waals surface area contributed by atoms with Gasteiger partial charge in [-0.3, -0.25) is 46.8 Å². The maximum absolute atomic E-state index is 16.9. The van der Waals surface area contributed by atoms with E-state index in [1.54, 1.807) is 27.7 Å². The summed E-state index contributed by atoms with van der Waals surface area (Å²) in [7, 11) is 0. The minimum atomic E-state index is -4.79. The molecule has 7 rings (SSSR count). The minimum absolute atomic E-state index is 0.162. The lowest BCUT2D eigenvalue weighted by Gasteiger charge is -2.28. The fraction of sp³-hybridized carbons (Fsp3) is 0.600. The average molecular weight is 957 g/mol. The first-order chi connectivity index (χ1) is 29.3. The second-order valence-corrected chi connectivity index (χ2v) is 21.8. The maximum Gasteiger partial charge on any atom is 0.509 e. The van der Waals surface area contributed by atoms with Crippen molar-refractivity contribution in [3.63, 3.8) is 0 Å². The van der Waals surface area contributed by atoms with E-state index in [0.717, 1.165) is 21.8 Å². The quantitative estimate of drug-likeness (QED) is 0.0865. The van der Waals surface area contributed by atoms with Gasteiger partial charge in [0.15, 0.2) is 52.8 Å². The minimum Gasteiger partial charge on any atom is -0.432 e. The molecule has 6 unspecified atom stereocenters. The van der Waals surface area contributed by atoms with Gasteiger partial charge in [0.1, 0.15) is 30.5 Å². The molecule has 32 heteroatoms. The van der Waals surface area contributed by atoms with Gasteiger partial charge in [-0.15, -0.1) is 0 Å². The molecule has 0 radical (unpaired) electrons. The third-order valence-electron chi connectivity index (χ3n) is 8.76. The van der Waals surface area contributed by atoms with Gasteiger partial charge in [0.25, 0.3) is 11.1 Å². The molecule has 4 aromatic rings. The van der Waals surface area contributed by atoms with Crippen molar-refractivity contribution in [2.75, 3.05) is 36.6 Å². The zero-order valence-corrected chi connectivity index (χ0v) is 36.1. The molecule has 62 heavy (non-hydrogen) atoms. The number of imidazole rings is 2. The molecule has 27 nitrogen and oxygen atoms in total. The predicted molar refractivity (Wildman–Crippen MR) is 211 cm³/mol. The van der Waals surface area contributed by atoms with Crippen LogP contribution in [0.2, 0.25) is 0 Å². The van der Waals surface area contributed by atoms with Crippen molar-refractivity contribution in [1.82, 2.24) is 39.0 Å². The Labute approximate surface area is 354 Å². The number of rotatable bonds is 10. The number of halogens is 1. The molecule has 10 atom stereocenters. The fourth-order valence-corrected chi connectivity index (χ4v) is 11.7. The number of ether oxygens (including phenoxy) is 6. The van der Waals surface area contributed by atoms with Crippen molar-refractivity contribution >= 4 is 82.9 Å². The van der Waals surface area contributed by atoms with Gasteiger partial charge in [-0.2, -0.15) is 9.97 Å². The molecule has 7 N–H and O–H groups in total. The number of hydrogen-bond acceptors (Lipinski definition) is 25. The molecule has 3 aliphatic heterocycles. The average Bonchev–Trinajstić information content (AvgIpc) is 3.94. The second kappa shape index (κ2) is 18.4. The number of nitrogens with two attached hydrogens (primary N) is 2. The smallest absolute Gasteiger partial charge is 0.432 e. The van der Waals surface area contributed by atoms with Crippen LogP contribution in [-0.2, 0) is 55.6 Å². The van der Waals surface area contributed by atoms with Gasteiger partial charge in [-0.05, 0) is 27.7 Å². The summed E-state index contributed by atoms with van der Waals surface area (Å²) in [5.41, 5.74) is 9.22. The van der Waals surface area contributed by atoms with Crippen molar-refractivity contribution in [3.8, 4) is 0 Å². The van der Waals surface area contributed by atoms with Crippen LogP contribution in [0.15, 0.2) is 22.2 Å². The van der Waals surface area contributed by atoms with E-state index in [2.05, 4.69) is 29.9 Å². The van der Waals surface area contributed by atoms with Gasteiger partial charge in [0, 0.05) is 22.8 Å². The number of hydrogen-bond donors (Lipinski definition) is 5. The predicted octanol–water partition coefficient (Wildman–Crippen LogP) is 2.45. The monoisotopic (exact) mass is 956 g/mol. The van der Waals surface area contributed by atoms with Crippen LogP contribution in [-0.4, -0.2) is 130 Å². The number of alkyl halides is 1. The summed E-state index contributed by atoms with van der Waals surface area (Å²) in [4.78, 5) is 70.5. The van der Waals surface area contributed by atoms with Crippen LogP contribution < -0.4 is 22.6 Å². The third kappa shape index (κ3) is 9.89. The Balaban J connectivity index is 1.27. The number of nitrogens with zero attached hydrogens (tertiary/aromatic N) is 6. The number of carbonyl (C=O) groups is 2. The Morgan fingerprint density at radius 1 is 0.823 bits per heavy atom. The SMILES string of the molecule is CC(C)OC(=O)OCSP1(=O)OC[C@H]2O[C@@H](n3cnc4c(=O)[nH]c(N)nc43)C(F)C2OP(=O)(SCOC(=O)OC(C)C)OC[C@H]2O[C@@H](n3cnc4c(=O)[nH]c(N)nc43)C(O1)C2O. The van der Waals surface area contributed by atoms with Crippen LogP contribution in [0.4, 0.5) is 25.9 Å². The van der Waals surface area contributed by atoms with Gasteiger partial charge < -0.3 is 45.0 Å². The lowest BCUT2D eigenvalue weighted by atomic mass is 10.1. The summed E-state index contributed by atoms with van der Waals surface area (Å²) in [6, 6.07) is 0. The Bertz CT molecular complexity index is 2530. The molecule has 4 aromatic heterocycles. The number of H-pyrrole nitrogens is 2. The molecule has 0 aromatic carbocycles. The molecule has 0 amide bonds. The molecule has 0 aliphatic carbocycles. The summed E-state index contributed by atoms with van der Waals surface area (Å²) in [5.74, 6) is -2.12. The molecule has 3 fully saturated rings. The highest BCUT2D eigenvalue weighted by Gasteiger charge is 2.55. The van der Waals surface area contributed by atoms with Gasteiger partial charge >= 0.3 is 25.9 Å². The summed E-state index contributed by atoms with van der Waals surface area (Å²) < 4.78 is 104. The van der Waals surface area contributed by atoms with Crippen LogP contribution >= 0.6 is 36.4 Å². The molecule has 2 bridgehead atoms. The van der Waals surface area contributed by atoms with Crippen molar-refractivity contribution in [1.29, 1.82) is 0 Å².